The Labute approximate surface area is 207 Å². The maximum absolute atomic E-state index is 13.7. The topological polar surface area (TPSA) is 84.0 Å². The summed E-state index contributed by atoms with van der Waals surface area (Å²) < 4.78 is 33.5. The van der Waals surface area contributed by atoms with E-state index < -0.39 is 27.9 Å². The number of hydrogen-bond donors (Lipinski definition) is 0. The Hall–Kier alpha value is -2.91. The summed E-state index contributed by atoms with van der Waals surface area (Å²) in [7, 11) is -2.69. The summed E-state index contributed by atoms with van der Waals surface area (Å²) in [4.78, 5) is 27.3. The second-order valence-electron chi connectivity index (χ2n) is 7.58. The van der Waals surface area contributed by atoms with Crippen LogP contribution in [0.25, 0.3) is 0 Å². The molecular weight excluding hydrogens is 499 g/mol. The van der Waals surface area contributed by atoms with E-state index in [1.165, 1.54) is 31.4 Å². The molecule has 3 aromatic carbocycles. The van der Waals surface area contributed by atoms with Gasteiger partial charge in [0.2, 0.25) is 15.9 Å². The number of ether oxygens (including phenoxy) is 1. The third-order valence-corrected chi connectivity index (χ3v) is 7.99. The third kappa shape index (κ3) is 4.67. The Kier molecular flexibility index (Phi) is 6.95. The van der Waals surface area contributed by atoms with Gasteiger partial charge in [-0.3, -0.25) is 9.59 Å². The molecule has 0 aliphatic carbocycles. The van der Waals surface area contributed by atoms with Gasteiger partial charge >= 0.3 is 0 Å². The quantitative estimate of drug-likeness (QED) is 0.429. The zero-order valence-electron chi connectivity index (χ0n) is 18.0. The number of imide groups is 1. The number of halogens is 2. The van der Waals surface area contributed by atoms with Crippen molar-refractivity contribution < 1.29 is 22.7 Å². The van der Waals surface area contributed by atoms with Crippen molar-refractivity contribution in [2.75, 3.05) is 12.0 Å². The first-order chi connectivity index (χ1) is 16.2. The minimum atomic E-state index is -4.19. The normalized spacial score (nSPS) is 16.4. The van der Waals surface area contributed by atoms with Gasteiger partial charge in [0.15, 0.2) is 0 Å². The molecule has 0 radical (unpaired) electrons. The molecule has 0 bridgehead atoms. The van der Waals surface area contributed by atoms with Crippen LogP contribution in [0.3, 0.4) is 0 Å². The predicted octanol–water partition coefficient (Wildman–Crippen LogP) is 4.53. The molecule has 1 fully saturated rings. The van der Waals surface area contributed by atoms with Gasteiger partial charge in [-0.1, -0.05) is 41.4 Å². The van der Waals surface area contributed by atoms with Crippen molar-refractivity contribution in [1.29, 1.82) is 0 Å². The molecule has 7 nitrogen and oxygen atoms in total. The molecule has 1 heterocycles. The lowest BCUT2D eigenvalue weighted by Crippen LogP contribution is -2.45. The second kappa shape index (κ2) is 9.76. The zero-order valence-corrected chi connectivity index (χ0v) is 20.3. The average Bonchev–Trinajstić information content (AvgIpc) is 3.12. The number of nitrogens with zero attached hydrogens (tertiary/aromatic N) is 2. The molecule has 176 valence electrons. The van der Waals surface area contributed by atoms with Gasteiger partial charge in [0.25, 0.3) is 5.91 Å². The summed E-state index contributed by atoms with van der Waals surface area (Å²) in [6.07, 6.45) is -0.303. The number of hydrogen-bond acceptors (Lipinski definition) is 5. The first kappa shape index (κ1) is 24.2. The van der Waals surface area contributed by atoms with E-state index in [9.17, 15) is 18.0 Å². The molecule has 1 saturated heterocycles. The minimum Gasteiger partial charge on any atom is -0.497 e. The zero-order chi connectivity index (χ0) is 24.5. The number of carbonyl (C=O) groups excluding carboxylic acids is 2. The van der Waals surface area contributed by atoms with Gasteiger partial charge in [-0.25, -0.2) is 13.3 Å². The van der Waals surface area contributed by atoms with Crippen LogP contribution < -0.4 is 9.64 Å². The molecule has 2 amide bonds. The summed E-state index contributed by atoms with van der Waals surface area (Å²) in [6.45, 7) is -0.190. The van der Waals surface area contributed by atoms with Gasteiger partial charge in [-0.15, -0.1) is 0 Å². The molecule has 0 N–H and O–H groups in total. The van der Waals surface area contributed by atoms with Gasteiger partial charge < -0.3 is 4.74 Å². The largest absolute Gasteiger partial charge is 0.497 e. The van der Waals surface area contributed by atoms with E-state index in [1.54, 1.807) is 48.5 Å². The Balaban J connectivity index is 1.75. The van der Waals surface area contributed by atoms with Crippen molar-refractivity contribution in [2.24, 2.45) is 0 Å². The summed E-state index contributed by atoms with van der Waals surface area (Å²) in [5.41, 5.74) is 0.838. The molecule has 0 spiro atoms. The Bertz CT molecular complexity index is 1330. The molecule has 10 heteroatoms. The highest BCUT2D eigenvalue weighted by molar-refractivity contribution is 7.89. The average molecular weight is 519 g/mol. The third-order valence-electron chi connectivity index (χ3n) is 5.51. The maximum Gasteiger partial charge on any atom is 0.252 e. The number of sulfonamides is 1. The highest BCUT2D eigenvalue weighted by atomic mass is 35.5. The van der Waals surface area contributed by atoms with Gasteiger partial charge in [0.1, 0.15) is 11.8 Å². The number of carbonyl (C=O) groups is 2. The van der Waals surface area contributed by atoms with E-state index in [0.29, 0.717) is 27.0 Å². The number of anilines is 1. The molecule has 3 aromatic rings. The van der Waals surface area contributed by atoms with Crippen molar-refractivity contribution >= 4 is 50.7 Å². The SMILES string of the molecule is COc1ccc(N2C(=O)CC(N(Cc3ccccc3Cl)S(=O)(=O)c3ccc(Cl)cc3)C2=O)cc1. The van der Waals surface area contributed by atoms with E-state index in [0.717, 1.165) is 9.21 Å². The van der Waals surface area contributed by atoms with Crippen molar-refractivity contribution in [1.82, 2.24) is 4.31 Å². The fraction of sp³-hybridized carbons (Fsp3) is 0.167. The molecule has 4 rings (SSSR count). The van der Waals surface area contributed by atoms with Crippen LogP contribution in [0.1, 0.15) is 12.0 Å². The molecule has 1 aliphatic rings. The number of benzene rings is 3. The Morgan fingerprint density at radius 2 is 1.62 bits per heavy atom. The smallest absolute Gasteiger partial charge is 0.252 e. The Morgan fingerprint density at radius 1 is 0.971 bits per heavy atom. The van der Waals surface area contributed by atoms with Gasteiger partial charge in [0, 0.05) is 16.6 Å². The fourth-order valence-corrected chi connectivity index (χ4v) is 5.62. The maximum atomic E-state index is 13.7. The lowest BCUT2D eigenvalue weighted by molar-refractivity contribution is -0.122. The first-order valence-electron chi connectivity index (χ1n) is 10.2. The summed E-state index contributed by atoms with van der Waals surface area (Å²) >= 11 is 12.2. The minimum absolute atomic E-state index is 0.0490. The van der Waals surface area contributed by atoms with Crippen LogP contribution in [-0.4, -0.2) is 37.7 Å². The molecule has 0 aromatic heterocycles. The lowest BCUT2D eigenvalue weighted by Gasteiger charge is -2.27. The highest BCUT2D eigenvalue weighted by Gasteiger charge is 2.47. The van der Waals surface area contributed by atoms with Crippen molar-refractivity contribution in [2.45, 2.75) is 23.9 Å². The van der Waals surface area contributed by atoms with E-state index in [1.807, 2.05) is 0 Å². The highest BCUT2D eigenvalue weighted by Crippen LogP contribution is 2.32. The van der Waals surface area contributed by atoms with Crippen molar-refractivity contribution in [3.05, 3.63) is 88.4 Å². The standard InChI is InChI=1S/C24H20Cl2N2O5S/c1-33-19-10-8-18(9-11-19)28-23(29)14-22(24(28)30)27(15-16-4-2-3-5-21(16)26)34(31,32)20-12-6-17(25)7-13-20/h2-13,22H,14-15H2,1H3. The molecule has 34 heavy (non-hydrogen) atoms. The number of methoxy groups -OCH3 is 1. The molecule has 1 aliphatic heterocycles. The van der Waals surface area contributed by atoms with Crippen LogP contribution in [0.15, 0.2) is 77.7 Å². The molecule has 0 saturated carbocycles. The molecule has 1 unspecified atom stereocenters. The van der Waals surface area contributed by atoms with Crippen molar-refractivity contribution in [3.63, 3.8) is 0 Å². The second-order valence-corrected chi connectivity index (χ2v) is 10.3. The van der Waals surface area contributed by atoms with Gasteiger partial charge in [-0.2, -0.15) is 4.31 Å². The molecule has 1 atom stereocenters. The van der Waals surface area contributed by atoms with Crippen LogP contribution in [0, 0.1) is 0 Å². The van der Waals surface area contributed by atoms with Crippen LogP contribution >= 0.6 is 23.2 Å². The van der Waals surface area contributed by atoms with E-state index >= 15 is 0 Å². The van der Waals surface area contributed by atoms with Crippen LogP contribution in [0.5, 0.6) is 5.75 Å². The number of amides is 2. The summed E-state index contributed by atoms with van der Waals surface area (Å²) in [6, 6.07) is 17.5. The Morgan fingerprint density at radius 3 is 2.24 bits per heavy atom. The van der Waals surface area contributed by atoms with E-state index in [2.05, 4.69) is 0 Å². The lowest BCUT2D eigenvalue weighted by atomic mass is 10.2. The van der Waals surface area contributed by atoms with E-state index in [-0.39, 0.29) is 17.9 Å². The predicted molar refractivity (Wildman–Crippen MR) is 130 cm³/mol. The van der Waals surface area contributed by atoms with E-state index in [4.69, 9.17) is 27.9 Å². The van der Waals surface area contributed by atoms with Gasteiger partial charge in [0.05, 0.1) is 24.1 Å². The monoisotopic (exact) mass is 518 g/mol. The summed E-state index contributed by atoms with van der Waals surface area (Å²) in [5.74, 6) is -0.583. The van der Waals surface area contributed by atoms with Crippen LogP contribution in [0.4, 0.5) is 5.69 Å². The summed E-state index contributed by atoms with van der Waals surface area (Å²) in [5, 5.41) is 0.719. The first-order valence-corrected chi connectivity index (χ1v) is 12.4. The van der Waals surface area contributed by atoms with Gasteiger partial charge in [-0.05, 0) is 60.2 Å². The van der Waals surface area contributed by atoms with Crippen molar-refractivity contribution in [3.8, 4) is 5.75 Å². The fourth-order valence-electron chi connectivity index (χ4n) is 3.74. The van der Waals surface area contributed by atoms with Crippen LogP contribution in [0.2, 0.25) is 10.0 Å². The molecular formula is C24H20Cl2N2O5S. The number of rotatable bonds is 7. The van der Waals surface area contributed by atoms with Crippen LogP contribution in [-0.2, 0) is 26.2 Å².